The van der Waals surface area contributed by atoms with E-state index in [0.29, 0.717) is 6.61 Å². The van der Waals surface area contributed by atoms with E-state index in [4.69, 9.17) is 4.74 Å². The molecule has 106 valence electrons. The Morgan fingerprint density at radius 1 is 1.00 bits per heavy atom. The van der Waals surface area contributed by atoms with Gasteiger partial charge < -0.3 is 9.84 Å². The Balaban J connectivity index is 1.44. The van der Waals surface area contributed by atoms with Crippen molar-refractivity contribution >= 4 is 0 Å². The molecule has 1 aromatic carbocycles. The molecule has 0 atom stereocenters. The highest BCUT2D eigenvalue weighted by Crippen LogP contribution is 2.56. The maximum atomic E-state index is 11.6. The van der Waals surface area contributed by atoms with Crippen LogP contribution in [0.1, 0.15) is 37.7 Å². The molecule has 4 saturated carbocycles. The molecule has 4 aliphatic carbocycles. The highest BCUT2D eigenvalue weighted by atomic mass is 16.5. The topological polar surface area (TPSA) is 32.3 Å². The zero-order valence-electron chi connectivity index (χ0n) is 11.8. The van der Waals surface area contributed by atoms with Gasteiger partial charge in [-0.05, 0) is 66.9 Å². The number of ether oxygens (including phenoxy) is 1. The lowest BCUT2D eigenvalue weighted by Crippen LogP contribution is -2.40. The smallest absolute Gasteiger partial charge is 0.112 e. The molecule has 1 aromatic rings. The third-order valence-electron chi connectivity index (χ3n) is 5.51. The van der Waals surface area contributed by atoms with Gasteiger partial charge in [-0.15, -0.1) is 5.75 Å². The molecule has 0 spiro atoms. The maximum Gasteiger partial charge on any atom is 0.112 e. The summed E-state index contributed by atoms with van der Waals surface area (Å²) in [7, 11) is 0. The van der Waals surface area contributed by atoms with E-state index in [0.717, 1.165) is 29.2 Å². The fourth-order valence-electron chi connectivity index (χ4n) is 4.77. The van der Waals surface area contributed by atoms with Crippen LogP contribution < -0.4 is 5.11 Å². The summed E-state index contributed by atoms with van der Waals surface area (Å²) in [6.45, 7) is 0.412. The largest absolute Gasteiger partial charge is 0.872 e. The lowest BCUT2D eigenvalue weighted by atomic mass is 9.54. The molecule has 4 aliphatic rings. The Morgan fingerprint density at radius 2 is 1.65 bits per heavy atom. The number of benzene rings is 1. The summed E-state index contributed by atoms with van der Waals surface area (Å²) in [4.78, 5) is 0. The van der Waals surface area contributed by atoms with Gasteiger partial charge in [0.2, 0.25) is 0 Å². The van der Waals surface area contributed by atoms with Crippen molar-refractivity contribution in [2.24, 2.45) is 23.7 Å². The van der Waals surface area contributed by atoms with Gasteiger partial charge in [-0.2, -0.15) is 0 Å². The van der Waals surface area contributed by atoms with Gasteiger partial charge in [-0.25, -0.2) is 0 Å². The van der Waals surface area contributed by atoms with Crippen molar-refractivity contribution in [1.82, 2.24) is 0 Å². The number of allylic oxidation sites excluding steroid dienone is 1. The minimum Gasteiger partial charge on any atom is -0.872 e. The molecule has 0 heterocycles. The monoisotopic (exact) mass is 269 g/mol. The van der Waals surface area contributed by atoms with Crippen LogP contribution in [0.15, 0.2) is 36.1 Å². The maximum absolute atomic E-state index is 11.6. The van der Waals surface area contributed by atoms with Crippen LogP contribution in [0.5, 0.6) is 5.75 Å². The second-order valence-electron chi connectivity index (χ2n) is 6.84. The quantitative estimate of drug-likeness (QED) is 0.785. The average Bonchev–Trinajstić information content (AvgIpc) is 2.43. The number of hydrogen-bond acceptors (Lipinski definition) is 2. The predicted molar refractivity (Wildman–Crippen MR) is 75.8 cm³/mol. The Morgan fingerprint density at radius 3 is 2.30 bits per heavy atom. The molecule has 4 fully saturated rings. The second kappa shape index (κ2) is 4.83. The van der Waals surface area contributed by atoms with E-state index >= 15 is 0 Å². The van der Waals surface area contributed by atoms with E-state index in [2.05, 4.69) is 0 Å². The lowest BCUT2D eigenvalue weighted by Gasteiger charge is -2.51. The highest BCUT2D eigenvalue weighted by molar-refractivity contribution is 5.30. The Bertz CT molecular complexity index is 502. The second-order valence-corrected chi connectivity index (χ2v) is 6.84. The Labute approximate surface area is 120 Å². The fourth-order valence-corrected chi connectivity index (χ4v) is 4.77. The summed E-state index contributed by atoms with van der Waals surface area (Å²) in [5.41, 5.74) is 2.30. The van der Waals surface area contributed by atoms with Gasteiger partial charge in [0.25, 0.3) is 0 Å². The zero-order valence-corrected chi connectivity index (χ0v) is 11.8. The predicted octanol–water partition coefficient (Wildman–Crippen LogP) is 3.62. The van der Waals surface area contributed by atoms with E-state index in [1.165, 1.54) is 32.1 Å². The Kier molecular flexibility index (Phi) is 2.98. The van der Waals surface area contributed by atoms with E-state index in [1.54, 1.807) is 17.7 Å². The van der Waals surface area contributed by atoms with Gasteiger partial charge in [0.05, 0.1) is 6.26 Å². The highest BCUT2D eigenvalue weighted by Gasteiger charge is 2.45. The summed E-state index contributed by atoms with van der Waals surface area (Å²) in [6.07, 6.45) is 8.98. The van der Waals surface area contributed by atoms with E-state index in [-0.39, 0.29) is 5.75 Å². The molecule has 0 aromatic heterocycles. The molecule has 2 nitrogen and oxygen atoms in total. The van der Waals surface area contributed by atoms with Crippen LogP contribution in [0.3, 0.4) is 0 Å². The summed E-state index contributed by atoms with van der Waals surface area (Å²) >= 11 is 0. The fraction of sp³-hybridized carbons (Fsp3) is 0.556. The summed E-state index contributed by atoms with van der Waals surface area (Å²) < 4.78 is 5.76. The van der Waals surface area contributed by atoms with Crippen LogP contribution >= 0.6 is 0 Å². The number of rotatable bonds is 3. The van der Waals surface area contributed by atoms with Crippen molar-refractivity contribution in [2.45, 2.75) is 38.7 Å². The average molecular weight is 269 g/mol. The van der Waals surface area contributed by atoms with Crippen molar-refractivity contribution in [3.63, 3.8) is 0 Å². The van der Waals surface area contributed by atoms with Crippen LogP contribution in [-0.2, 0) is 11.3 Å². The van der Waals surface area contributed by atoms with Crippen LogP contribution in [-0.4, -0.2) is 0 Å². The van der Waals surface area contributed by atoms with Gasteiger partial charge in [-0.3, -0.25) is 0 Å². The third kappa shape index (κ3) is 2.11. The van der Waals surface area contributed by atoms with Crippen LogP contribution in [0.4, 0.5) is 0 Å². The van der Waals surface area contributed by atoms with E-state index < -0.39 is 0 Å². The van der Waals surface area contributed by atoms with Crippen molar-refractivity contribution < 1.29 is 9.84 Å². The molecule has 0 radical (unpaired) electrons. The van der Waals surface area contributed by atoms with Crippen molar-refractivity contribution in [3.05, 3.63) is 41.7 Å². The molecule has 4 bridgehead atoms. The Hall–Kier alpha value is -1.44. The van der Waals surface area contributed by atoms with Gasteiger partial charge in [-0.1, -0.05) is 24.3 Å². The van der Waals surface area contributed by atoms with E-state index in [9.17, 15) is 5.11 Å². The van der Waals surface area contributed by atoms with Gasteiger partial charge >= 0.3 is 0 Å². The minimum absolute atomic E-state index is 0.0796. The number of para-hydroxylation sites is 1. The molecule has 0 amide bonds. The van der Waals surface area contributed by atoms with E-state index in [1.807, 2.05) is 18.4 Å². The first-order valence-electron chi connectivity index (χ1n) is 7.86. The standard InChI is InChI=1S/C18H22O2/c19-18-4-2-1-3-14(18)10-20-11-17-15-6-12-5-13(8-15)9-16(17)7-12/h1-4,11-13,15-16,19H,5-10H2/p-1. The van der Waals surface area contributed by atoms with Crippen molar-refractivity contribution in [2.75, 3.05) is 0 Å². The van der Waals surface area contributed by atoms with Gasteiger partial charge in [0, 0.05) is 0 Å². The van der Waals surface area contributed by atoms with Crippen LogP contribution in [0.2, 0.25) is 0 Å². The molecule has 0 unspecified atom stereocenters. The third-order valence-corrected chi connectivity index (χ3v) is 5.51. The number of hydrogen-bond donors (Lipinski definition) is 0. The molecule has 0 N–H and O–H groups in total. The van der Waals surface area contributed by atoms with Crippen LogP contribution in [0.25, 0.3) is 0 Å². The molecule has 0 aliphatic heterocycles. The lowest BCUT2D eigenvalue weighted by molar-refractivity contribution is -0.270. The first-order valence-corrected chi connectivity index (χ1v) is 7.86. The molecule has 2 heteroatoms. The molecule has 5 rings (SSSR count). The van der Waals surface area contributed by atoms with Gasteiger partial charge in [0.1, 0.15) is 6.61 Å². The molecule has 20 heavy (non-hydrogen) atoms. The molecule has 0 saturated heterocycles. The van der Waals surface area contributed by atoms with Crippen LogP contribution in [0, 0.1) is 23.7 Å². The first kappa shape index (κ1) is 12.3. The van der Waals surface area contributed by atoms with Crippen molar-refractivity contribution in [3.8, 4) is 5.75 Å². The molecular formula is C18H21O2-. The summed E-state index contributed by atoms with van der Waals surface area (Å²) in [5.74, 6) is 3.59. The summed E-state index contributed by atoms with van der Waals surface area (Å²) in [5, 5.41) is 11.6. The van der Waals surface area contributed by atoms with Gasteiger partial charge in [0.15, 0.2) is 0 Å². The zero-order chi connectivity index (χ0) is 13.5. The SMILES string of the molecule is [O-]c1ccccc1COC=C1C2CC3CC(C2)CC1C3. The molecular weight excluding hydrogens is 248 g/mol. The summed E-state index contributed by atoms with van der Waals surface area (Å²) in [6, 6.07) is 7.14. The first-order chi connectivity index (χ1) is 9.79. The minimum atomic E-state index is 0.0796. The van der Waals surface area contributed by atoms with Crippen molar-refractivity contribution in [1.29, 1.82) is 0 Å². The normalized spacial score (nSPS) is 34.3.